The first kappa shape index (κ1) is 26.8. The van der Waals surface area contributed by atoms with Crippen molar-refractivity contribution >= 4 is 23.3 Å². The first-order chi connectivity index (χ1) is 16.7. The Hall–Kier alpha value is -3.81. The summed E-state index contributed by atoms with van der Waals surface area (Å²) < 4.78 is 65.8. The van der Waals surface area contributed by atoms with E-state index in [-0.39, 0.29) is 5.88 Å². The van der Waals surface area contributed by atoms with Crippen LogP contribution in [0.15, 0.2) is 36.7 Å². The lowest BCUT2D eigenvalue weighted by Crippen LogP contribution is -2.53. The number of ether oxygens (including phenoxy) is 2. The number of amides is 2. The highest BCUT2D eigenvalue weighted by molar-refractivity contribution is 7.06. The van der Waals surface area contributed by atoms with Gasteiger partial charge in [0.1, 0.15) is 17.4 Å². The van der Waals surface area contributed by atoms with Gasteiger partial charge in [-0.3, -0.25) is 9.59 Å². The van der Waals surface area contributed by atoms with E-state index in [1.54, 1.807) is 13.0 Å². The van der Waals surface area contributed by atoms with Crippen LogP contribution in [-0.2, 0) is 4.79 Å². The Labute approximate surface area is 206 Å². The summed E-state index contributed by atoms with van der Waals surface area (Å²) in [6, 6.07) is 5.41. The molecule has 0 aliphatic carbocycles. The van der Waals surface area contributed by atoms with Crippen molar-refractivity contribution in [3.05, 3.63) is 53.0 Å². The van der Waals surface area contributed by atoms with Crippen molar-refractivity contribution in [1.82, 2.24) is 19.7 Å². The number of hydrogen-bond donors (Lipinski definition) is 2. The molecule has 0 radical (unpaired) electrons. The highest BCUT2D eigenvalue weighted by Gasteiger charge is 2.30. The summed E-state index contributed by atoms with van der Waals surface area (Å²) in [5.41, 5.74) is 4.00. The van der Waals surface area contributed by atoms with E-state index in [2.05, 4.69) is 24.4 Å². The zero-order valence-corrected chi connectivity index (χ0v) is 20.0. The van der Waals surface area contributed by atoms with Gasteiger partial charge in [0, 0.05) is 17.8 Å². The van der Waals surface area contributed by atoms with Gasteiger partial charge in [-0.2, -0.15) is 17.5 Å². The zero-order chi connectivity index (χ0) is 26.7. The van der Waals surface area contributed by atoms with Crippen molar-refractivity contribution in [3.63, 3.8) is 0 Å². The molecule has 3 N–H and O–H groups in total. The summed E-state index contributed by atoms with van der Waals surface area (Å²) in [4.78, 5) is 32.0. The number of aromatic nitrogens is 3. The van der Waals surface area contributed by atoms with Crippen molar-refractivity contribution in [1.29, 1.82) is 0 Å². The van der Waals surface area contributed by atoms with Crippen molar-refractivity contribution in [2.75, 3.05) is 6.61 Å². The zero-order valence-electron chi connectivity index (χ0n) is 19.2. The van der Waals surface area contributed by atoms with Crippen LogP contribution in [0.5, 0.6) is 11.6 Å². The second-order valence-electron chi connectivity index (χ2n) is 8.11. The van der Waals surface area contributed by atoms with Gasteiger partial charge >= 0.3 is 6.18 Å². The smallest absolute Gasteiger partial charge is 0.422 e. The maximum Gasteiger partial charge on any atom is 0.422 e. The third-order valence-electron chi connectivity index (χ3n) is 4.73. The first-order valence-electron chi connectivity index (χ1n) is 10.3. The number of primary amides is 1. The summed E-state index contributed by atoms with van der Waals surface area (Å²) in [5.74, 6) is -2.51. The topological polar surface area (TPSA) is 129 Å². The lowest BCUT2D eigenvalue weighted by atomic mass is 10.0. The van der Waals surface area contributed by atoms with Gasteiger partial charge in [-0.1, -0.05) is 0 Å². The maximum atomic E-state index is 14.6. The van der Waals surface area contributed by atoms with E-state index in [0.29, 0.717) is 21.9 Å². The maximum absolute atomic E-state index is 14.6. The monoisotopic (exact) mass is 527 g/mol. The fourth-order valence-corrected chi connectivity index (χ4v) is 3.43. The Kier molecular flexibility index (Phi) is 7.77. The molecule has 0 saturated heterocycles. The predicted octanol–water partition coefficient (Wildman–Crippen LogP) is 3.81. The fraction of sp³-hybridized carbons (Fsp3) is 0.318. The second-order valence-corrected chi connectivity index (χ2v) is 8.94. The first-order valence-corrected chi connectivity index (χ1v) is 11.1. The number of carbonyl (C=O) groups excluding carboxylic acids is 2. The van der Waals surface area contributed by atoms with Crippen LogP contribution in [0.4, 0.5) is 17.6 Å². The van der Waals surface area contributed by atoms with E-state index in [1.807, 2.05) is 0 Å². The summed E-state index contributed by atoms with van der Waals surface area (Å²) in [7, 11) is 0. The molecule has 1 atom stereocenters. The SMILES string of the molecule is C[C@@H](Oc1ccc(OCC(F)(F)F)nc1)c1cc(-c2cnc(C(=O)NC(C)(C)C(N)=O)c(F)c2)ns1. The molecule has 3 aromatic rings. The minimum Gasteiger partial charge on any atom is -0.484 e. The normalized spacial score (nSPS) is 12.6. The molecule has 36 heavy (non-hydrogen) atoms. The molecule has 0 spiro atoms. The van der Waals surface area contributed by atoms with Crippen LogP contribution in [-0.4, -0.2) is 44.5 Å². The summed E-state index contributed by atoms with van der Waals surface area (Å²) >= 11 is 1.09. The van der Waals surface area contributed by atoms with Crippen LogP contribution >= 0.6 is 11.5 Å². The number of nitrogens with two attached hydrogens (primary N) is 1. The van der Waals surface area contributed by atoms with E-state index in [0.717, 1.165) is 17.6 Å². The molecule has 0 saturated carbocycles. The van der Waals surface area contributed by atoms with Gasteiger partial charge < -0.3 is 20.5 Å². The number of alkyl halides is 3. The molecule has 3 rings (SSSR count). The molecule has 3 aromatic heterocycles. The Morgan fingerprint density at radius 3 is 2.47 bits per heavy atom. The fourth-order valence-electron chi connectivity index (χ4n) is 2.71. The number of pyridine rings is 2. The molecule has 0 aliphatic heterocycles. The van der Waals surface area contributed by atoms with Crippen molar-refractivity contribution in [3.8, 4) is 22.9 Å². The number of nitrogens with one attached hydrogen (secondary N) is 1. The molecular weight excluding hydrogens is 506 g/mol. The highest BCUT2D eigenvalue weighted by atomic mass is 32.1. The number of nitrogens with zero attached hydrogens (tertiary/aromatic N) is 3. The van der Waals surface area contributed by atoms with Gasteiger partial charge in [-0.15, -0.1) is 0 Å². The minimum absolute atomic E-state index is 0.197. The Morgan fingerprint density at radius 2 is 1.89 bits per heavy atom. The van der Waals surface area contributed by atoms with E-state index in [1.165, 1.54) is 38.4 Å². The molecule has 0 aliphatic rings. The van der Waals surface area contributed by atoms with Crippen LogP contribution in [0, 0.1) is 5.82 Å². The quantitative estimate of drug-likeness (QED) is 0.405. The van der Waals surface area contributed by atoms with Crippen molar-refractivity contribution < 1.29 is 36.6 Å². The number of rotatable bonds is 9. The molecule has 0 fully saturated rings. The predicted molar refractivity (Wildman–Crippen MR) is 121 cm³/mol. The van der Waals surface area contributed by atoms with Crippen LogP contribution in [0.2, 0.25) is 0 Å². The summed E-state index contributed by atoms with van der Waals surface area (Å²) in [5, 5.41) is 2.32. The van der Waals surface area contributed by atoms with Crippen LogP contribution in [0.3, 0.4) is 0 Å². The van der Waals surface area contributed by atoms with E-state index in [9.17, 15) is 27.2 Å². The number of halogens is 4. The van der Waals surface area contributed by atoms with Crippen LogP contribution in [0.25, 0.3) is 11.3 Å². The third-order valence-corrected chi connectivity index (χ3v) is 5.68. The molecule has 3 heterocycles. The van der Waals surface area contributed by atoms with Gasteiger partial charge in [0.2, 0.25) is 11.8 Å². The van der Waals surface area contributed by atoms with Gasteiger partial charge in [0.25, 0.3) is 5.91 Å². The van der Waals surface area contributed by atoms with Crippen LogP contribution < -0.4 is 20.5 Å². The highest BCUT2D eigenvalue weighted by Crippen LogP contribution is 2.30. The van der Waals surface area contributed by atoms with Gasteiger partial charge in [-0.05, 0) is 50.5 Å². The van der Waals surface area contributed by atoms with E-state index < -0.39 is 47.8 Å². The van der Waals surface area contributed by atoms with Gasteiger partial charge in [-0.25, -0.2) is 14.4 Å². The van der Waals surface area contributed by atoms with Crippen LogP contribution in [0.1, 0.15) is 42.2 Å². The van der Waals surface area contributed by atoms with Crippen molar-refractivity contribution in [2.24, 2.45) is 5.73 Å². The van der Waals surface area contributed by atoms with E-state index >= 15 is 0 Å². The average Bonchev–Trinajstić information content (AvgIpc) is 3.28. The molecule has 9 nitrogen and oxygen atoms in total. The molecule has 0 aromatic carbocycles. The Balaban J connectivity index is 1.66. The van der Waals surface area contributed by atoms with E-state index in [4.69, 9.17) is 10.5 Å². The molecule has 0 unspecified atom stereocenters. The standard InChI is InChI=1S/C22H21F4N5O4S/c1-11(35-13-4-5-17(28-9-13)34-10-22(24,25)26)16-7-15(31-36-16)12-6-14(23)18(29-8-12)19(32)30-21(2,3)20(27)33/h4-9,11H,10H2,1-3H3,(H2,27,33)(H,30,32)/t11-/m1/s1. The summed E-state index contributed by atoms with van der Waals surface area (Å²) in [6.07, 6.45) is -2.49. The largest absolute Gasteiger partial charge is 0.484 e. The number of hydrogen-bond acceptors (Lipinski definition) is 8. The molecular formula is C22H21F4N5O4S. The molecule has 192 valence electrons. The molecule has 0 bridgehead atoms. The lowest BCUT2D eigenvalue weighted by molar-refractivity contribution is -0.154. The van der Waals surface area contributed by atoms with Gasteiger partial charge in [0.05, 0.1) is 16.8 Å². The minimum atomic E-state index is -4.47. The summed E-state index contributed by atoms with van der Waals surface area (Å²) in [6.45, 7) is 3.03. The second kappa shape index (κ2) is 10.4. The van der Waals surface area contributed by atoms with Crippen molar-refractivity contribution in [2.45, 2.75) is 38.6 Å². The molecule has 2 amide bonds. The lowest BCUT2D eigenvalue weighted by Gasteiger charge is -2.21. The third kappa shape index (κ3) is 6.87. The number of carbonyl (C=O) groups is 2. The Bertz CT molecular complexity index is 1250. The average molecular weight is 528 g/mol. The Morgan fingerprint density at radius 1 is 1.17 bits per heavy atom. The van der Waals surface area contributed by atoms with Gasteiger partial charge in [0.15, 0.2) is 18.1 Å². The molecule has 14 heteroatoms.